The fraction of sp³-hybridized carbons (Fsp3) is 0.632. The summed E-state index contributed by atoms with van der Waals surface area (Å²) in [5, 5.41) is 9.85. The average molecular weight is 396 g/mol. The van der Waals surface area contributed by atoms with Gasteiger partial charge in [0.1, 0.15) is 11.9 Å². The monoisotopic (exact) mass is 395 g/mol. The van der Waals surface area contributed by atoms with E-state index in [4.69, 9.17) is 25.6 Å². The lowest BCUT2D eigenvalue weighted by Crippen LogP contribution is -2.45. The molecule has 0 radical (unpaired) electrons. The van der Waals surface area contributed by atoms with E-state index in [-0.39, 0.29) is 6.10 Å². The summed E-state index contributed by atoms with van der Waals surface area (Å²) >= 11 is 6.30. The van der Waals surface area contributed by atoms with Gasteiger partial charge in [-0.15, -0.1) is 0 Å². The van der Waals surface area contributed by atoms with Gasteiger partial charge in [-0.05, 0) is 65.2 Å². The van der Waals surface area contributed by atoms with Crippen LogP contribution in [0.1, 0.15) is 46.1 Å². The Kier molecular flexibility index (Phi) is 5.40. The van der Waals surface area contributed by atoms with Crippen LogP contribution >= 0.6 is 11.6 Å². The summed E-state index contributed by atoms with van der Waals surface area (Å²) in [6.45, 7) is 10.8. The number of nitrogens with zero attached hydrogens (tertiary/aromatic N) is 1. The van der Waals surface area contributed by atoms with Gasteiger partial charge >= 0.3 is 13.2 Å². The van der Waals surface area contributed by atoms with Crippen molar-refractivity contribution >= 4 is 30.3 Å². The number of ether oxygens (including phenoxy) is 1. The van der Waals surface area contributed by atoms with Crippen LogP contribution in [0.25, 0.3) is 0 Å². The SMILES string of the molecule is Cc1cc(Cl)cc(B2OC(C)(C)C(C)(C)O2)c1O[C@H]1CCCN(C(=O)O)C1. The maximum atomic E-state index is 11.3. The Bertz CT molecular complexity index is 723. The summed E-state index contributed by atoms with van der Waals surface area (Å²) in [5.41, 5.74) is 0.664. The van der Waals surface area contributed by atoms with Crippen molar-refractivity contribution in [1.29, 1.82) is 0 Å². The van der Waals surface area contributed by atoms with Gasteiger partial charge in [0.15, 0.2) is 0 Å². The Hall–Kier alpha value is -1.44. The lowest BCUT2D eigenvalue weighted by atomic mass is 9.77. The average Bonchev–Trinajstić information content (AvgIpc) is 2.78. The van der Waals surface area contributed by atoms with Crippen LogP contribution in [0.3, 0.4) is 0 Å². The fourth-order valence-electron chi connectivity index (χ4n) is 3.44. The predicted octanol–water partition coefficient (Wildman–Crippen LogP) is 3.47. The molecule has 0 saturated carbocycles. The van der Waals surface area contributed by atoms with Crippen molar-refractivity contribution in [3.8, 4) is 5.75 Å². The Morgan fingerprint density at radius 3 is 2.52 bits per heavy atom. The first-order chi connectivity index (χ1) is 12.5. The van der Waals surface area contributed by atoms with E-state index in [1.54, 1.807) is 0 Å². The number of hydrogen-bond donors (Lipinski definition) is 1. The van der Waals surface area contributed by atoms with Gasteiger partial charge in [-0.25, -0.2) is 4.79 Å². The fourth-order valence-corrected chi connectivity index (χ4v) is 3.72. The molecule has 1 aromatic carbocycles. The molecule has 2 aliphatic rings. The van der Waals surface area contributed by atoms with Crippen molar-refractivity contribution in [3.63, 3.8) is 0 Å². The second-order valence-electron chi connectivity index (χ2n) is 8.34. The largest absolute Gasteiger partial charge is 0.498 e. The first kappa shape index (κ1) is 20.3. The minimum absolute atomic E-state index is 0.212. The molecule has 6 nitrogen and oxygen atoms in total. The van der Waals surface area contributed by atoms with Crippen molar-refractivity contribution in [3.05, 3.63) is 22.7 Å². The van der Waals surface area contributed by atoms with Crippen molar-refractivity contribution in [2.45, 2.75) is 64.8 Å². The summed E-state index contributed by atoms with van der Waals surface area (Å²) in [6.07, 6.45) is 0.447. The van der Waals surface area contributed by atoms with Crippen LogP contribution in [0.15, 0.2) is 12.1 Å². The molecule has 27 heavy (non-hydrogen) atoms. The highest BCUT2D eigenvalue weighted by atomic mass is 35.5. The van der Waals surface area contributed by atoms with Crippen LogP contribution in [0.4, 0.5) is 4.79 Å². The smallest absolute Gasteiger partial charge is 0.489 e. The van der Waals surface area contributed by atoms with Crippen LogP contribution in [0, 0.1) is 6.92 Å². The lowest BCUT2D eigenvalue weighted by Gasteiger charge is -2.32. The number of amides is 1. The highest BCUT2D eigenvalue weighted by Crippen LogP contribution is 2.38. The summed E-state index contributed by atoms with van der Waals surface area (Å²) in [4.78, 5) is 12.7. The number of halogens is 1. The van der Waals surface area contributed by atoms with Gasteiger partial charge in [0, 0.05) is 17.0 Å². The van der Waals surface area contributed by atoms with Crippen LogP contribution < -0.4 is 10.2 Å². The second-order valence-corrected chi connectivity index (χ2v) is 8.78. The van der Waals surface area contributed by atoms with Crippen molar-refractivity contribution < 1.29 is 23.9 Å². The molecule has 0 spiro atoms. The molecule has 148 valence electrons. The third kappa shape index (κ3) is 4.05. The van der Waals surface area contributed by atoms with E-state index in [0.29, 0.717) is 23.9 Å². The number of carboxylic acid groups (broad SMARTS) is 1. The van der Waals surface area contributed by atoms with E-state index in [0.717, 1.165) is 23.9 Å². The van der Waals surface area contributed by atoms with Crippen molar-refractivity contribution in [2.24, 2.45) is 0 Å². The molecule has 2 saturated heterocycles. The molecule has 1 amide bonds. The molecule has 3 rings (SSSR count). The van der Waals surface area contributed by atoms with Gasteiger partial charge in [0.2, 0.25) is 0 Å². The van der Waals surface area contributed by atoms with Crippen molar-refractivity contribution in [2.75, 3.05) is 13.1 Å². The third-order valence-corrected chi connectivity index (χ3v) is 5.93. The van der Waals surface area contributed by atoms with E-state index in [1.165, 1.54) is 4.90 Å². The Balaban J connectivity index is 1.89. The van der Waals surface area contributed by atoms with Gasteiger partial charge in [-0.3, -0.25) is 0 Å². The molecule has 2 heterocycles. The normalized spacial score (nSPS) is 24.1. The number of benzene rings is 1. The Morgan fingerprint density at radius 2 is 1.93 bits per heavy atom. The number of piperidine rings is 1. The molecule has 1 atom stereocenters. The first-order valence-corrected chi connectivity index (χ1v) is 9.68. The van der Waals surface area contributed by atoms with Crippen LogP contribution in [0.5, 0.6) is 5.75 Å². The summed E-state index contributed by atoms with van der Waals surface area (Å²) in [7, 11) is -0.596. The van der Waals surface area contributed by atoms with E-state index in [9.17, 15) is 9.90 Å². The molecular weight excluding hydrogens is 368 g/mol. The lowest BCUT2D eigenvalue weighted by molar-refractivity contribution is 0.00578. The summed E-state index contributed by atoms with van der Waals surface area (Å²) in [5.74, 6) is 0.662. The maximum absolute atomic E-state index is 11.3. The van der Waals surface area contributed by atoms with E-state index in [2.05, 4.69) is 0 Å². The highest BCUT2D eigenvalue weighted by Gasteiger charge is 2.52. The van der Waals surface area contributed by atoms with Gasteiger partial charge in [-0.1, -0.05) is 11.6 Å². The second kappa shape index (κ2) is 7.19. The zero-order valence-corrected chi connectivity index (χ0v) is 17.3. The molecular formula is C19H27BClNO5. The maximum Gasteiger partial charge on any atom is 0.498 e. The predicted molar refractivity (Wildman–Crippen MR) is 105 cm³/mol. The van der Waals surface area contributed by atoms with Crippen LogP contribution in [-0.2, 0) is 9.31 Å². The Morgan fingerprint density at radius 1 is 1.30 bits per heavy atom. The van der Waals surface area contributed by atoms with Gasteiger partial charge in [0.25, 0.3) is 0 Å². The zero-order valence-electron chi connectivity index (χ0n) is 16.5. The molecule has 2 aliphatic heterocycles. The molecule has 1 aromatic rings. The highest BCUT2D eigenvalue weighted by molar-refractivity contribution is 6.63. The first-order valence-electron chi connectivity index (χ1n) is 9.30. The molecule has 0 aromatic heterocycles. The van der Waals surface area contributed by atoms with Crippen molar-refractivity contribution in [1.82, 2.24) is 4.90 Å². The number of rotatable bonds is 3. The zero-order chi connectivity index (χ0) is 20.0. The summed E-state index contributed by atoms with van der Waals surface area (Å²) in [6, 6.07) is 3.65. The van der Waals surface area contributed by atoms with E-state index >= 15 is 0 Å². The van der Waals surface area contributed by atoms with Gasteiger partial charge in [0.05, 0.1) is 17.7 Å². The number of aryl methyl sites for hydroxylation is 1. The molecule has 8 heteroatoms. The summed E-state index contributed by atoms with van der Waals surface area (Å²) < 4.78 is 18.6. The van der Waals surface area contributed by atoms with Gasteiger partial charge < -0.3 is 24.1 Å². The van der Waals surface area contributed by atoms with E-state index in [1.807, 2.05) is 46.8 Å². The number of likely N-dealkylation sites (tertiary alicyclic amines) is 1. The quantitative estimate of drug-likeness (QED) is 0.794. The Labute approximate surface area is 165 Å². The molecule has 1 N–H and O–H groups in total. The topological polar surface area (TPSA) is 68.2 Å². The third-order valence-electron chi connectivity index (χ3n) is 5.71. The molecule has 2 fully saturated rings. The number of carbonyl (C=O) groups is 1. The van der Waals surface area contributed by atoms with E-state index < -0.39 is 24.4 Å². The molecule has 0 unspecified atom stereocenters. The minimum Gasteiger partial charge on any atom is -0.489 e. The molecule has 0 bridgehead atoms. The van der Waals surface area contributed by atoms with Crippen LogP contribution in [0.2, 0.25) is 5.02 Å². The van der Waals surface area contributed by atoms with Crippen LogP contribution in [-0.4, -0.2) is 53.6 Å². The number of hydrogen-bond acceptors (Lipinski definition) is 4. The minimum atomic E-state index is -0.915. The molecule has 0 aliphatic carbocycles. The van der Waals surface area contributed by atoms with Gasteiger partial charge in [-0.2, -0.15) is 0 Å². The standard InChI is InChI=1S/C19H27BClNO5/c1-12-9-13(21)10-15(20-26-18(2,3)19(4,5)27-20)16(12)25-14-7-6-8-22(11-14)17(23)24/h9-10,14H,6-8,11H2,1-5H3,(H,23,24)/t14-/m0/s1.